The first-order chi connectivity index (χ1) is 7.88. The van der Waals surface area contributed by atoms with E-state index < -0.39 is 32.8 Å². The fraction of sp³-hybridized carbons (Fsp3) is 0.400. The molecule has 0 aromatic heterocycles. The molecular weight excluding hydrogens is 250 g/mol. The number of hydrazine groups is 1. The van der Waals surface area contributed by atoms with Gasteiger partial charge in [-0.05, 0) is 17.7 Å². The Hall–Kier alpha value is -1.05. The van der Waals surface area contributed by atoms with Crippen molar-refractivity contribution in [2.45, 2.75) is 11.3 Å². The van der Waals surface area contributed by atoms with E-state index in [4.69, 9.17) is 0 Å². The topological polar surface area (TPSA) is 58.2 Å². The molecule has 2 unspecified atom stereocenters. The lowest BCUT2D eigenvalue weighted by Gasteiger charge is -2.17. The predicted molar refractivity (Wildman–Crippen MR) is 58.9 cm³/mol. The SMILES string of the molecule is CS(=O)(=O)C1NNCC1c1cc(F)cc(F)c1. The van der Waals surface area contributed by atoms with Crippen molar-refractivity contribution in [3.63, 3.8) is 0 Å². The van der Waals surface area contributed by atoms with Crippen LogP contribution < -0.4 is 10.9 Å². The smallest absolute Gasteiger partial charge is 0.165 e. The number of sulfone groups is 1. The van der Waals surface area contributed by atoms with Gasteiger partial charge in [0.2, 0.25) is 0 Å². The van der Waals surface area contributed by atoms with Gasteiger partial charge in [-0.15, -0.1) is 0 Å². The first-order valence-corrected chi connectivity index (χ1v) is 6.96. The summed E-state index contributed by atoms with van der Waals surface area (Å²) in [5, 5.41) is -0.872. The highest BCUT2D eigenvalue weighted by Gasteiger charge is 2.35. The van der Waals surface area contributed by atoms with Crippen molar-refractivity contribution >= 4 is 9.84 Å². The van der Waals surface area contributed by atoms with E-state index in [1.807, 2.05) is 0 Å². The molecule has 1 aliphatic heterocycles. The molecule has 0 bridgehead atoms. The van der Waals surface area contributed by atoms with Crippen molar-refractivity contribution in [1.29, 1.82) is 0 Å². The Morgan fingerprint density at radius 2 is 1.82 bits per heavy atom. The summed E-state index contributed by atoms with van der Waals surface area (Å²) in [6.07, 6.45) is 1.08. The zero-order valence-electron chi connectivity index (χ0n) is 9.07. The third kappa shape index (κ3) is 2.62. The van der Waals surface area contributed by atoms with E-state index in [2.05, 4.69) is 10.9 Å². The van der Waals surface area contributed by atoms with E-state index in [0.29, 0.717) is 12.1 Å². The summed E-state index contributed by atoms with van der Waals surface area (Å²) in [5.41, 5.74) is 5.62. The summed E-state index contributed by atoms with van der Waals surface area (Å²) in [5.74, 6) is -1.92. The van der Waals surface area contributed by atoms with Crippen LogP contribution in [-0.2, 0) is 9.84 Å². The van der Waals surface area contributed by atoms with E-state index in [-0.39, 0.29) is 0 Å². The Kier molecular flexibility index (Phi) is 3.15. The molecule has 1 saturated heterocycles. The average molecular weight is 262 g/mol. The van der Waals surface area contributed by atoms with Crippen LogP contribution >= 0.6 is 0 Å². The third-order valence-electron chi connectivity index (χ3n) is 2.71. The molecular formula is C10H12F2N2O2S. The number of hydrogen-bond acceptors (Lipinski definition) is 4. The third-order valence-corrected chi connectivity index (χ3v) is 4.07. The van der Waals surface area contributed by atoms with Gasteiger partial charge in [-0.1, -0.05) is 0 Å². The van der Waals surface area contributed by atoms with Crippen molar-refractivity contribution in [2.24, 2.45) is 0 Å². The fourth-order valence-electron chi connectivity index (χ4n) is 1.96. The van der Waals surface area contributed by atoms with Crippen LogP contribution in [0.5, 0.6) is 0 Å². The molecule has 4 nitrogen and oxygen atoms in total. The molecule has 94 valence electrons. The van der Waals surface area contributed by atoms with Gasteiger partial charge in [0.15, 0.2) is 9.84 Å². The standard InChI is InChI=1S/C10H12F2N2O2S/c1-17(15,16)10-9(5-13-14-10)6-2-7(11)4-8(12)3-6/h2-4,9-10,13-14H,5H2,1H3. The van der Waals surface area contributed by atoms with Gasteiger partial charge in [-0.25, -0.2) is 22.6 Å². The number of rotatable bonds is 2. The van der Waals surface area contributed by atoms with Crippen molar-refractivity contribution < 1.29 is 17.2 Å². The van der Waals surface area contributed by atoms with Crippen LogP contribution in [0.4, 0.5) is 8.78 Å². The van der Waals surface area contributed by atoms with Gasteiger partial charge in [-0.2, -0.15) is 0 Å². The van der Waals surface area contributed by atoms with E-state index >= 15 is 0 Å². The summed E-state index contributed by atoms with van der Waals surface area (Å²) in [7, 11) is -3.34. The molecule has 1 aromatic rings. The maximum Gasteiger partial charge on any atom is 0.165 e. The first kappa shape index (κ1) is 12.4. The van der Waals surface area contributed by atoms with Gasteiger partial charge in [0.1, 0.15) is 17.0 Å². The lowest BCUT2D eigenvalue weighted by Crippen LogP contribution is -2.37. The van der Waals surface area contributed by atoms with Crippen molar-refractivity contribution in [1.82, 2.24) is 10.9 Å². The van der Waals surface area contributed by atoms with Gasteiger partial charge in [0.25, 0.3) is 0 Å². The molecule has 17 heavy (non-hydrogen) atoms. The van der Waals surface area contributed by atoms with Crippen LogP contribution in [0.15, 0.2) is 18.2 Å². The Morgan fingerprint density at radius 3 is 2.35 bits per heavy atom. The summed E-state index contributed by atoms with van der Waals surface area (Å²) in [4.78, 5) is 0. The van der Waals surface area contributed by atoms with Crippen LogP contribution in [-0.4, -0.2) is 26.6 Å². The maximum absolute atomic E-state index is 13.1. The largest absolute Gasteiger partial charge is 0.256 e. The highest BCUT2D eigenvalue weighted by molar-refractivity contribution is 7.91. The minimum atomic E-state index is -3.34. The quantitative estimate of drug-likeness (QED) is 0.816. The molecule has 0 aliphatic carbocycles. The van der Waals surface area contributed by atoms with Crippen molar-refractivity contribution in [3.05, 3.63) is 35.4 Å². The normalized spacial score (nSPS) is 25.1. The summed E-state index contributed by atoms with van der Waals surface area (Å²) in [6.45, 7) is 0.306. The second kappa shape index (κ2) is 4.32. The molecule has 2 atom stereocenters. The highest BCUT2D eigenvalue weighted by Crippen LogP contribution is 2.26. The van der Waals surface area contributed by atoms with Gasteiger partial charge >= 0.3 is 0 Å². The zero-order valence-corrected chi connectivity index (χ0v) is 9.89. The fourth-order valence-corrected chi connectivity index (χ4v) is 3.11. The van der Waals surface area contributed by atoms with E-state index in [1.54, 1.807) is 0 Å². The molecule has 2 rings (SSSR count). The minimum absolute atomic E-state index is 0.306. The highest BCUT2D eigenvalue weighted by atomic mass is 32.2. The molecule has 1 heterocycles. The van der Waals surface area contributed by atoms with Gasteiger partial charge in [0, 0.05) is 24.8 Å². The lowest BCUT2D eigenvalue weighted by molar-refractivity contribution is 0.552. The molecule has 0 saturated carbocycles. The Bertz CT molecular complexity index is 513. The summed E-state index contributed by atoms with van der Waals surface area (Å²) < 4.78 is 49.1. The van der Waals surface area contributed by atoms with E-state index in [9.17, 15) is 17.2 Å². The lowest BCUT2D eigenvalue weighted by atomic mass is 10.00. The van der Waals surface area contributed by atoms with Gasteiger partial charge in [0.05, 0.1) is 0 Å². The zero-order chi connectivity index (χ0) is 12.6. The van der Waals surface area contributed by atoms with E-state index in [1.165, 1.54) is 0 Å². The Morgan fingerprint density at radius 1 is 1.24 bits per heavy atom. The average Bonchev–Trinajstić information content (AvgIpc) is 2.63. The molecule has 7 heteroatoms. The number of halogens is 2. The molecule has 0 amide bonds. The van der Waals surface area contributed by atoms with Crippen LogP contribution in [0, 0.1) is 11.6 Å². The molecule has 1 fully saturated rings. The van der Waals surface area contributed by atoms with Crippen LogP contribution in [0.25, 0.3) is 0 Å². The van der Waals surface area contributed by atoms with Crippen LogP contribution in [0.1, 0.15) is 11.5 Å². The Balaban J connectivity index is 2.39. The van der Waals surface area contributed by atoms with Gasteiger partial charge < -0.3 is 0 Å². The predicted octanol–water partition coefficient (Wildman–Crippen LogP) is 0.527. The van der Waals surface area contributed by atoms with Crippen molar-refractivity contribution in [3.8, 4) is 0 Å². The van der Waals surface area contributed by atoms with Crippen molar-refractivity contribution in [2.75, 3.05) is 12.8 Å². The number of benzene rings is 1. The molecule has 2 N–H and O–H groups in total. The number of hydrogen-bond donors (Lipinski definition) is 2. The summed E-state index contributed by atoms with van der Waals surface area (Å²) in [6, 6.07) is 3.07. The van der Waals surface area contributed by atoms with E-state index in [0.717, 1.165) is 24.5 Å². The minimum Gasteiger partial charge on any atom is -0.256 e. The second-order valence-electron chi connectivity index (χ2n) is 4.08. The second-order valence-corrected chi connectivity index (χ2v) is 6.25. The monoisotopic (exact) mass is 262 g/mol. The van der Waals surface area contributed by atoms with Crippen LogP contribution in [0.3, 0.4) is 0 Å². The number of nitrogens with one attached hydrogen (secondary N) is 2. The van der Waals surface area contributed by atoms with Gasteiger partial charge in [-0.3, -0.25) is 5.43 Å². The first-order valence-electron chi connectivity index (χ1n) is 5.01. The van der Waals surface area contributed by atoms with Crippen LogP contribution in [0.2, 0.25) is 0 Å². The molecule has 0 spiro atoms. The molecule has 0 radical (unpaired) electrons. The molecule has 1 aliphatic rings. The maximum atomic E-state index is 13.1. The Labute approximate surface area is 97.9 Å². The summed E-state index contributed by atoms with van der Waals surface area (Å²) >= 11 is 0. The molecule has 1 aromatic carbocycles.